The zero-order chi connectivity index (χ0) is 41.1. The highest BCUT2D eigenvalue weighted by Gasteiger charge is 2.30. The van der Waals surface area contributed by atoms with E-state index in [1.165, 1.54) is 16.6 Å². The molecular weight excluding hydrogens is 774 g/mol. The summed E-state index contributed by atoms with van der Waals surface area (Å²) in [4.78, 5) is 40.6. The van der Waals surface area contributed by atoms with E-state index < -0.39 is 10.0 Å². The highest BCUT2D eigenvalue weighted by molar-refractivity contribution is 7.92. The molecule has 2 amide bonds. The number of hydrogen-bond donors (Lipinski definition) is 6. The number of halogens is 1. The first-order chi connectivity index (χ1) is 28.5. The van der Waals surface area contributed by atoms with Crippen molar-refractivity contribution in [3.05, 3.63) is 89.9 Å². The van der Waals surface area contributed by atoms with Gasteiger partial charge in [-0.05, 0) is 79.3 Å². The number of fused-ring (bicyclic) bond motifs is 2. The number of aromatic nitrogens is 3. The average molecular weight is 824 g/mol. The number of sulfonamides is 1. The Balaban J connectivity index is 0.799. The molecule has 310 valence electrons. The minimum Gasteiger partial charge on any atom is -0.373 e. The number of likely N-dealkylation sites (N-methyl/N-ethyl adjacent to an activating group) is 1. The van der Waals surface area contributed by atoms with Crippen LogP contribution in [0.25, 0.3) is 11.0 Å². The monoisotopic (exact) mass is 823 g/mol. The Kier molecular flexibility index (Phi) is 11.7. The van der Waals surface area contributed by atoms with Crippen LogP contribution in [0.4, 0.5) is 44.6 Å². The van der Waals surface area contributed by atoms with Crippen molar-refractivity contribution in [2.24, 2.45) is 0 Å². The van der Waals surface area contributed by atoms with Crippen LogP contribution in [-0.2, 0) is 26.0 Å². The smallest absolute Gasteiger partial charge is 0.234 e. The zero-order valence-electron chi connectivity index (χ0n) is 33.2. The van der Waals surface area contributed by atoms with Gasteiger partial charge in [0.15, 0.2) is 0 Å². The standard InChI is InChI=1S/C42H50FN11O4S/c1-52(31-7-3-6-28(25-31)32-10-12-37(55)49-41(32)56)24-20-44-18-19-45-29-15-21-53(22-16-29)36-11-9-30(26-34(36)43)47-42-50-39-33(13-17-46-39)40(51-42)48-35-8-4-5-27-14-23-54(38(27)35)59(2,57)58/h3-9,11,13,17,25-26,29,32,44-45H,10,12,14-16,18-24H2,1-2H3,(H,49,55,56)(H3,46,47,48,50,51). The van der Waals surface area contributed by atoms with Gasteiger partial charge in [0.1, 0.15) is 17.3 Å². The predicted molar refractivity (Wildman–Crippen MR) is 230 cm³/mol. The molecule has 3 aliphatic heterocycles. The van der Waals surface area contributed by atoms with Crippen LogP contribution < -0.4 is 40.7 Å². The van der Waals surface area contributed by atoms with Gasteiger partial charge in [0.2, 0.25) is 27.8 Å². The number of H-pyrrole nitrogens is 1. The minimum atomic E-state index is -3.47. The molecule has 59 heavy (non-hydrogen) atoms. The number of rotatable bonds is 15. The van der Waals surface area contributed by atoms with Crippen molar-refractivity contribution in [3.63, 3.8) is 0 Å². The molecule has 5 aromatic rings. The number of piperidine rings is 2. The molecule has 0 spiro atoms. The molecule has 6 N–H and O–H groups in total. The first-order valence-corrected chi connectivity index (χ1v) is 22.0. The maximum atomic E-state index is 15.6. The molecule has 1 atom stereocenters. The number of nitrogens with one attached hydrogen (secondary N) is 6. The number of amides is 2. The van der Waals surface area contributed by atoms with E-state index >= 15 is 4.39 Å². The Morgan fingerprint density at radius 2 is 1.75 bits per heavy atom. The van der Waals surface area contributed by atoms with Crippen LogP contribution in [0, 0.1) is 5.82 Å². The number of imide groups is 1. The van der Waals surface area contributed by atoms with Crippen molar-refractivity contribution in [3.8, 4) is 0 Å². The Labute approximate surface area is 343 Å². The molecule has 17 heteroatoms. The minimum absolute atomic E-state index is 0.206. The van der Waals surface area contributed by atoms with Gasteiger partial charge in [-0.15, -0.1) is 0 Å². The number of carbonyl (C=O) groups excluding carboxylic acids is 2. The molecular formula is C42H50FN11O4S. The maximum absolute atomic E-state index is 15.6. The lowest BCUT2D eigenvalue weighted by atomic mass is 9.90. The van der Waals surface area contributed by atoms with E-state index in [9.17, 15) is 18.0 Å². The van der Waals surface area contributed by atoms with E-state index in [2.05, 4.69) is 46.4 Å². The van der Waals surface area contributed by atoms with Crippen LogP contribution in [0.1, 0.15) is 42.7 Å². The molecule has 2 fully saturated rings. The van der Waals surface area contributed by atoms with Crippen molar-refractivity contribution >= 4 is 73.1 Å². The number of anilines is 7. The number of para-hydroxylation sites is 1. The Bertz CT molecular complexity index is 2450. The first kappa shape index (κ1) is 40.0. The van der Waals surface area contributed by atoms with E-state index in [-0.39, 0.29) is 29.5 Å². The second-order valence-electron chi connectivity index (χ2n) is 15.4. The van der Waals surface area contributed by atoms with Gasteiger partial charge < -0.3 is 36.1 Å². The summed E-state index contributed by atoms with van der Waals surface area (Å²) >= 11 is 0. The quantitative estimate of drug-likeness (QED) is 0.0634. The first-order valence-electron chi connectivity index (χ1n) is 20.1. The van der Waals surface area contributed by atoms with Crippen molar-refractivity contribution in [2.75, 3.05) is 83.9 Å². The average Bonchev–Trinajstić information content (AvgIpc) is 3.89. The summed E-state index contributed by atoms with van der Waals surface area (Å²) in [5.41, 5.74) is 5.77. The largest absolute Gasteiger partial charge is 0.373 e. The lowest BCUT2D eigenvalue weighted by molar-refractivity contribution is -0.134. The van der Waals surface area contributed by atoms with Crippen LogP contribution in [0.3, 0.4) is 0 Å². The summed E-state index contributed by atoms with van der Waals surface area (Å²) in [5, 5.41) is 16.8. The highest BCUT2D eigenvalue weighted by atomic mass is 32.2. The fraction of sp³-hybridized carbons (Fsp3) is 0.381. The molecule has 0 saturated carbocycles. The number of hydrogen-bond acceptors (Lipinski definition) is 12. The molecule has 5 heterocycles. The fourth-order valence-corrected chi connectivity index (χ4v) is 9.19. The second-order valence-corrected chi connectivity index (χ2v) is 17.3. The van der Waals surface area contributed by atoms with Gasteiger partial charge in [0.05, 0.1) is 34.6 Å². The fourth-order valence-electron chi connectivity index (χ4n) is 8.22. The topological polar surface area (TPSA) is 180 Å². The molecule has 1 unspecified atom stereocenters. The van der Waals surface area contributed by atoms with Crippen LogP contribution in [0.2, 0.25) is 0 Å². The highest BCUT2D eigenvalue weighted by Crippen LogP contribution is 2.39. The van der Waals surface area contributed by atoms with Crippen molar-refractivity contribution < 1.29 is 22.4 Å². The van der Waals surface area contributed by atoms with Crippen molar-refractivity contribution in [2.45, 2.75) is 44.1 Å². The van der Waals surface area contributed by atoms with Gasteiger partial charge in [-0.1, -0.05) is 24.3 Å². The van der Waals surface area contributed by atoms with Gasteiger partial charge in [-0.2, -0.15) is 9.97 Å². The van der Waals surface area contributed by atoms with Gasteiger partial charge in [-0.25, -0.2) is 12.8 Å². The summed E-state index contributed by atoms with van der Waals surface area (Å²) in [7, 11) is -1.43. The third-order valence-electron chi connectivity index (χ3n) is 11.4. The van der Waals surface area contributed by atoms with Crippen LogP contribution >= 0.6 is 0 Å². The summed E-state index contributed by atoms with van der Waals surface area (Å²) in [6.45, 7) is 5.10. The zero-order valence-corrected chi connectivity index (χ0v) is 34.0. The van der Waals surface area contributed by atoms with Gasteiger partial charge in [-0.3, -0.25) is 19.2 Å². The van der Waals surface area contributed by atoms with Crippen LogP contribution in [0.5, 0.6) is 0 Å². The number of carbonyl (C=O) groups is 2. The molecule has 0 bridgehead atoms. The van der Waals surface area contributed by atoms with E-state index in [0.29, 0.717) is 66.1 Å². The molecule has 2 aromatic heterocycles. The van der Waals surface area contributed by atoms with Gasteiger partial charge in [0, 0.05) is 82.9 Å². The Morgan fingerprint density at radius 3 is 2.54 bits per heavy atom. The molecule has 2 saturated heterocycles. The number of benzene rings is 3. The molecule has 0 radical (unpaired) electrons. The van der Waals surface area contributed by atoms with E-state index in [1.54, 1.807) is 12.3 Å². The van der Waals surface area contributed by atoms with E-state index in [1.807, 2.05) is 61.6 Å². The molecule has 3 aromatic carbocycles. The summed E-state index contributed by atoms with van der Waals surface area (Å²) in [6.07, 6.45) is 6.29. The van der Waals surface area contributed by atoms with Gasteiger partial charge >= 0.3 is 0 Å². The molecule has 0 aliphatic carbocycles. The van der Waals surface area contributed by atoms with E-state index in [0.717, 1.165) is 74.3 Å². The second kappa shape index (κ2) is 17.2. The third kappa shape index (κ3) is 9.11. The number of aromatic amines is 1. The lowest BCUT2D eigenvalue weighted by Gasteiger charge is -2.34. The Morgan fingerprint density at radius 1 is 0.915 bits per heavy atom. The molecule has 3 aliphatic rings. The lowest BCUT2D eigenvalue weighted by Crippen LogP contribution is -2.44. The SMILES string of the molecule is CN(CCNCCNC1CCN(c2ccc(Nc3nc(Nc4cccc5c4N(S(C)(=O)=O)CC5)c4cc[nH]c4n3)cc2F)CC1)c1cccc(C2CCC(=O)NC2=O)c1. The van der Waals surface area contributed by atoms with Crippen molar-refractivity contribution in [1.82, 2.24) is 30.9 Å². The maximum Gasteiger partial charge on any atom is 0.234 e. The summed E-state index contributed by atoms with van der Waals surface area (Å²) in [6, 6.07) is 20.9. The van der Waals surface area contributed by atoms with Crippen LogP contribution in [0.15, 0.2) is 72.9 Å². The van der Waals surface area contributed by atoms with Crippen molar-refractivity contribution in [1.29, 1.82) is 0 Å². The molecule has 8 rings (SSSR count). The predicted octanol–water partition coefficient (Wildman–Crippen LogP) is 4.71. The molecule has 15 nitrogen and oxygen atoms in total. The summed E-state index contributed by atoms with van der Waals surface area (Å²) in [5.74, 6) is -0.323. The van der Waals surface area contributed by atoms with E-state index in [4.69, 9.17) is 4.98 Å². The summed E-state index contributed by atoms with van der Waals surface area (Å²) < 4.78 is 42.2. The van der Waals surface area contributed by atoms with Gasteiger partial charge in [0.25, 0.3) is 0 Å². The number of nitrogens with zero attached hydrogens (tertiary/aromatic N) is 5. The normalized spacial score (nSPS) is 17.3. The Hall–Kier alpha value is -5.78. The van der Waals surface area contributed by atoms with Crippen LogP contribution in [-0.4, -0.2) is 100 Å². The third-order valence-corrected chi connectivity index (χ3v) is 12.5.